The molecule has 5 heteroatoms. The predicted molar refractivity (Wildman–Crippen MR) is 60.8 cm³/mol. The van der Waals surface area contributed by atoms with Gasteiger partial charge in [-0.05, 0) is 40.5 Å². The number of nitrogens with zero attached hydrogens (tertiary/aromatic N) is 1. The zero-order valence-corrected chi connectivity index (χ0v) is 10.2. The average Bonchev–Trinajstić information content (AvgIpc) is 2.74. The summed E-state index contributed by atoms with van der Waals surface area (Å²) < 4.78 is 0.717. The quantitative estimate of drug-likeness (QED) is 0.796. The molecule has 2 rings (SSSR count). The Hall–Kier alpha value is -0.580. The van der Waals surface area contributed by atoms with E-state index < -0.39 is 0 Å². The van der Waals surface area contributed by atoms with Crippen molar-refractivity contribution in [1.29, 1.82) is 0 Å². The number of halogens is 2. The van der Waals surface area contributed by atoms with Crippen molar-refractivity contribution in [1.82, 2.24) is 5.06 Å². The van der Waals surface area contributed by atoms with E-state index in [0.29, 0.717) is 28.2 Å². The lowest BCUT2D eigenvalue weighted by Crippen LogP contribution is -2.26. The van der Waals surface area contributed by atoms with Crippen molar-refractivity contribution in [2.24, 2.45) is 0 Å². The number of hydrogen-bond donors (Lipinski definition) is 0. The lowest BCUT2D eigenvalue weighted by molar-refractivity contribution is -0.0768. The third kappa shape index (κ3) is 2.33. The van der Waals surface area contributed by atoms with Crippen LogP contribution in [0.25, 0.3) is 0 Å². The molecular formula is C10H9BrClNO2. The first kappa shape index (κ1) is 10.9. The second-order valence-electron chi connectivity index (χ2n) is 3.22. The van der Waals surface area contributed by atoms with Gasteiger partial charge in [-0.1, -0.05) is 11.6 Å². The van der Waals surface area contributed by atoms with Gasteiger partial charge in [0.2, 0.25) is 0 Å². The minimum absolute atomic E-state index is 0.120. The Morgan fingerprint density at radius 1 is 1.53 bits per heavy atom. The first-order chi connectivity index (χ1) is 7.18. The monoisotopic (exact) mass is 289 g/mol. The number of hydroxylamine groups is 2. The van der Waals surface area contributed by atoms with Gasteiger partial charge in [0.05, 0.1) is 18.2 Å². The summed E-state index contributed by atoms with van der Waals surface area (Å²) >= 11 is 9.12. The molecule has 0 atom stereocenters. The molecule has 0 N–H and O–H groups in total. The van der Waals surface area contributed by atoms with Crippen LogP contribution in [0.1, 0.15) is 16.8 Å². The van der Waals surface area contributed by atoms with Crippen molar-refractivity contribution in [3.63, 3.8) is 0 Å². The number of carbonyl (C=O) groups is 1. The molecule has 0 bridgehead atoms. The molecule has 15 heavy (non-hydrogen) atoms. The molecule has 1 aliphatic heterocycles. The first-order valence-corrected chi connectivity index (χ1v) is 5.75. The molecular weight excluding hydrogens is 281 g/mol. The van der Waals surface area contributed by atoms with Gasteiger partial charge in [-0.25, -0.2) is 5.06 Å². The SMILES string of the molecule is O=C(c1ccc(Cl)c(Br)c1)N1CCCO1. The summed E-state index contributed by atoms with van der Waals surface area (Å²) in [6, 6.07) is 5.08. The summed E-state index contributed by atoms with van der Waals surface area (Å²) in [6.45, 7) is 1.26. The molecule has 1 amide bonds. The molecule has 0 unspecified atom stereocenters. The molecule has 0 aliphatic carbocycles. The number of rotatable bonds is 1. The fourth-order valence-corrected chi connectivity index (χ4v) is 1.88. The Morgan fingerprint density at radius 2 is 2.33 bits per heavy atom. The van der Waals surface area contributed by atoms with Crippen LogP contribution in [-0.4, -0.2) is 24.1 Å². The second kappa shape index (κ2) is 4.51. The van der Waals surface area contributed by atoms with Crippen LogP contribution in [0, 0.1) is 0 Å². The summed E-state index contributed by atoms with van der Waals surface area (Å²) in [7, 11) is 0. The number of carbonyl (C=O) groups excluding carboxylic acids is 1. The van der Waals surface area contributed by atoms with Gasteiger partial charge in [0.15, 0.2) is 0 Å². The molecule has 0 saturated carbocycles. The highest BCUT2D eigenvalue weighted by Gasteiger charge is 2.21. The van der Waals surface area contributed by atoms with Gasteiger partial charge >= 0.3 is 0 Å². The van der Waals surface area contributed by atoms with E-state index in [0.717, 1.165) is 6.42 Å². The van der Waals surface area contributed by atoms with Crippen LogP contribution in [0.5, 0.6) is 0 Å². The molecule has 1 saturated heterocycles. The van der Waals surface area contributed by atoms with Crippen molar-refractivity contribution in [2.75, 3.05) is 13.2 Å². The standard InChI is InChI=1S/C10H9BrClNO2/c11-8-6-7(2-3-9(8)12)10(14)13-4-1-5-15-13/h2-3,6H,1,4-5H2. The summed E-state index contributed by atoms with van der Waals surface area (Å²) in [5, 5.41) is 1.98. The van der Waals surface area contributed by atoms with Crippen LogP contribution < -0.4 is 0 Å². The van der Waals surface area contributed by atoms with Crippen LogP contribution in [0.2, 0.25) is 5.02 Å². The number of hydrogen-bond acceptors (Lipinski definition) is 2. The van der Waals surface area contributed by atoms with E-state index in [1.807, 2.05) is 0 Å². The van der Waals surface area contributed by atoms with Crippen LogP contribution in [0.4, 0.5) is 0 Å². The van der Waals surface area contributed by atoms with Crippen molar-refractivity contribution in [3.05, 3.63) is 33.3 Å². The summed E-state index contributed by atoms with van der Waals surface area (Å²) in [5.74, 6) is -0.120. The lowest BCUT2D eigenvalue weighted by atomic mass is 10.2. The molecule has 80 valence electrons. The van der Waals surface area contributed by atoms with Crippen LogP contribution in [0.15, 0.2) is 22.7 Å². The molecule has 1 aliphatic rings. The van der Waals surface area contributed by atoms with Crippen molar-refractivity contribution < 1.29 is 9.63 Å². The van der Waals surface area contributed by atoms with Crippen LogP contribution in [0.3, 0.4) is 0 Å². The molecule has 0 radical (unpaired) electrons. The fraction of sp³-hybridized carbons (Fsp3) is 0.300. The lowest BCUT2D eigenvalue weighted by Gasteiger charge is -2.13. The molecule has 1 aromatic carbocycles. The third-order valence-electron chi connectivity index (χ3n) is 2.15. The zero-order chi connectivity index (χ0) is 10.8. The average molecular weight is 291 g/mol. The van der Waals surface area contributed by atoms with E-state index in [1.54, 1.807) is 18.2 Å². The minimum atomic E-state index is -0.120. The van der Waals surface area contributed by atoms with Gasteiger partial charge in [-0.2, -0.15) is 0 Å². The summed E-state index contributed by atoms with van der Waals surface area (Å²) in [6.07, 6.45) is 0.889. The predicted octanol–water partition coefficient (Wildman–Crippen LogP) is 2.88. The number of benzene rings is 1. The highest BCUT2D eigenvalue weighted by molar-refractivity contribution is 9.10. The van der Waals surface area contributed by atoms with E-state index in [4.69, 9.17) is 16.4 Å². The molecule has 1 fully saturated rings. The topological polar surface area (TPSA) is 29.5 Å². The normalized spacial score (nSPS) is 15.7. The van der Waals surface area contributed by atoms with Crippen LogP contribution in [-0.2, 0) is 4.84 Å². The smallest absolute Gasteiger partial charge is 0.271 e. The molecule has 1 heterocycles. The van der Waals surface area contributed by atoms with Gasteiger partial charge in [-0.15, -0.1) is 0 Å². The van der Waals surface area contributed by atoms with Gasteiger partial charge < -0.3 is 0 Å². The summed E-state index contributed by atoms with van der Waals surface area (Å²) in [4.78, 5) is 17.0. The Balaban J connectivity index is 2.21. The molecule has 1 aromatic rings. The Bertz CT molecular complexity index is 391. The highest BCUT2D eigenvalue weighted by Crippen LogP contribution is 2.24. The van der Waals surface area contributed by atoms with Crippen molar-refractivity contribution >= 4 is 33.4 Å². The Morgan fingerprint density at radius 3 is 2.93 bits per heavy atom. The second-order valence-corrected chi connectivity index (χ2v) is 4.48. The van der Waals surface area contributed by atoms with E-state index in [-0.39, 0.29) is 5.91 Å². The van der Waals surface area contributed by atoms with E-state index in [9.17, 15) is 4.79 Å². The van der Waals surface area contributed by atoms with E-state index in [2.05, 4.69) is 15.9 Å². The van der Waals surface area contributed by atoms with E-state index >= 15 is 0 Å². The maximum Gasteiger partial charge on any atom is 0.277 e. The van der Waals surface area contributed by atoms with Crippen LogP contribution >= 0.6 is 27.5 Å². The third-order valence-corrected chi connectivity index (χ3v) is 3.36. The zero-order valence-electron chi connectivity index (χ0n) is 7.87. The minimum Gasteiger partial charge on any atom is -0.271 e. The maximum absolute atomic E-state index is 11.8. The molecule has 0 spiro atoms. The fourth-order valence-electron chi connectivity index (χ4n) is 1.38. The van der Waals surface area contributed by atoms with E-state index in [1.165, 1.54) is 5.06 Å². The maximum atomic E-state index is 11.8. The Labute approximate surface area is 101 Å². The summed E-state index contributed by atoms with van der Waals surface area (Å²) in [5.41, 5.74) is 0.577. The highest BCUT2D eigenvalue weighted by atomic mass is 79.9. The van der Waals surface area contributed by atoms with Crippen molar-refractivity contribution in [2.45, 2.75) is 6.42 Å². The van der Waals surface area contributed by atoms with Crippen molar-refractivity contribution in [3.8, 4) is 0 Å². The molecule has 3 nitrogen and oxygen atoms in total. The van der Waals surface area contributed by atoms with Gasteiger partial charge in [0.25, 0.3) is 5.91 Å². The number of amides is 1. The van der Waals surface area contributed by atoms with Gasteiger partial charge in [0.1, 0.15) is 0 Å². The first-order valence-electron chi connectivity index (χ1n) is 4.58. The Kier molecular flexibility index (Phi) is 3.29. The largest absolute Gasteiger partial charge is 0.277 e. The molecule has 0 aromatic heterocycles. The van der Waals surface area contributed by atoms with Gasteiger partial charge in [-0.3, -0.25) is 9.63 Å². The van der Waals surface area contributed by atoms with Gasteiger partial charge in [0, 0.05) is 10.0 Å².